The van der Waals surface area contributed by atoms with Crippen LogP contribution in [0.4, 0.5) is 0 Å². The number of carbonyl (C=O) groups excluding carboxylic acids is 1. The molecule has 7 nitrogen and oxygen atoms in total. The van der Waals surface area contributed by atoms with Crippen LogP contribution < -0.4 is 5.32 Å². The van der Waals surface area contributed by atoms with E-state index in [0.29, 0.717) is 28.9 Å². The molecule has 1 N–H and O–H groups in total. The van der Waals surface area contributed by atoms with Gasteiger partial charge in [-0.1, -0.05) is 25.9 Å². The minimum Gasteiger partial charge on any atom is -0.352 e. The Morgan fingerprint density at radius 1 is 1.22 bits per heavy atom. The number of pyridine rings is 1. The molecule has 3 heterocycles. The lowest BCUT2D eigenvalue weighted by atomic mass is 10.0. The van der Waals surface area contributed by atoms with Crippen LogP contribution in [0.1, 0.15) is 59.8 Å². The summed E-state index contributed by atoms with van der Waals surface area (Å²) in [6.45, 7) is 13.3. The summed E-state index contributed by atoms with van der Waals surface area (Å²) in [6, 6.07) is 3.90. The quantitative estimate of drug-likeness (QED) is 0.718. The second kappa shape index (κ2) is 7.50. The van der Waals surface area contributed by atoms with Crippen LogP contribution in [-0.2, 0) is 6.54 Å². The molecule has 0 saturated carbocycles. The fourth-order valence-electron chi connectivity index (χ4n) is 3.17. The first-order chi connectivity index (χ1) is 12.8. The monoisotopic (exact) mass is 369 g/mol. The molecule has 0 aromatic carbocycles. The largest absolute Gasteiger partial charge is 0.352 e. The molecule has 1 unspecified atom stereocenters. The van der Waals surface area contributed by atoms with Crippen LogP contribution in [-0.4, -0.2) is 32.4 Å². The van der Waals surface area contributed by atoms with Gasteiger partial charge in [-0.05, 0) is 44.7 Å². The number of amides is 1. The number of hydrogen-bond donors (Lipinski definition) is 1. The van der Waals surface area contributed by atoms with E-state index in [1.54, 1.807) is 0 Å². The van der Waals surface area contributed by atoms with Crippen molar-refractivity contribution in [3.05, 3.63) is 40.5 Å². The summed E-state index contributed by atoms with van der Waals surface area (Å²) in [4.78, 5) is 17.4. The topological polar surface area (TPSA) is 85.8 Å². The van der Waals surface area contributed by atoms with Gasteiger partial charge in [0.25, 0.3) is 11.6 Å². The van der Waals surface area contributed by atoms with Crippen molar-refractivity contribution in [2.45, 2.75) is 54.0 Å². The van der Waals surface area contributed by atoms with E-state index in [0.717, 1.165) is 23.6 Å². The molecule has 0 spiro atoms. The molecule has 0 saturated heterocycles. The zero-order valence-electron chi connectivity index (χ0n) is 16.8. The average molecular weight is 369 g/mol. The number of nitrogens with zero attached hydrogens (tertiary/aromatic N) is 4. The van der Waals surface area contributed by atoms with Gasteiger partial charge in [0.05, 0.1) is 22.3 Å². The van der Waals surface area contributed by atoms with Crippen molar-refractivity contribution in [2.24, 2.45) is 5.92 Å². The van der Waals surface area contributed by atoms with Crippen LogP contribution in [0.5, 0.6) is 0 Å². The molecule has 0 aliphatic rings. The lowest BCUT2D eigenvalue weighted by Gasteiger charge is -2.15. The van der Waals surface area contributed by atoms with E-state index in [1.807, 2.05) is 45.4 Å². The molecule has 0 bridgehead atoms. The van der Waals surface area contributed by atoms with Crippen molar-refractivity contribution in [1.82, 2.24) is 25.2 Å². The van der Waals surface area contributed by atoms with Crippen molar-refractivity contribution in [2.75, 3.05) is 6.54 Å². The summed E-state index contributed by atoms with van der Waals surface area (Å²) in [7, 11) is 0. The van der Waals surface area contributed by atoms with Crippen LogP contribution in [0.3, 0.4) is 0 Å². The van der Waals surface area contributed by atoms with Gasteiger partial charge in [0.15, 0.2) is 0 Å². The molecule has 1 atom stereocenters. The van der Waals surface area contributed by atoms with E-state index in [2.05, 4.69) is 33.5 Å². The van der Waals surface area contributed by atoms with Crippen LogP contribution in [0.2, 0.25) is 0 Å². The maximum Gasteiger partial charge on any atom is 0.259 e. The van der Waals surface area contributed by atoms with Gasteiger partial charge in [0, 0.05) is 24.5 Å². The summed E-state index contributed by atoms with van der Waals surface area (Å²) in [6.07, 6.45) is 0. The lowest BCUT2D eigenvalue weighted by molar-refractivity contribution is 0.0948. The first-order valence-corrected chi connectivity index (χ1v) is 9.32. The molecule has 0 aliphatic carbocycles. The molecule has 1 amide bonds. The third kappa shape index (κ3) is 4.02. The molecular weight excluding hydrogens is 342 g/mol. The first kappa shape index (κ1) is 19.1. The second-order valence-electron chi connectivity index (χ2n) is 7.62. The highest BCUT2D eigenvalue weighted by molar-refractivity contribution is 6.06. The Hall–Kier alpha value is -2.70. The molecule has 3 aromatic heterocycles. The van der Waals surface area contributed by atoms with Gasteiger partial charge in [0.2, 0.25) is 0 Å². The zero-order valence-corrected chi connectivity index (χ0v) is 16.8. The number of aryl methyl sites for hydroxylation is 3. The van der Waals surface area contributed by atoms with Gasteiger partial charge in [-0.2, -0.15) is 5.10 Å². The maximum atomic E-state index is 12.9. The number of hydrogen-bond acceptors (Lipinski definition) is 5. The SMILES string of the molecule is Cc1cc(C)n(CC(C)CNC(=O)c2cc(C(C)C)nc3onc(C)c23)n1. The van der Waals surface area contributed by atoms with E-state index in [1.165, 1.54) is 0 Å². The summed E-state index contributed by atoms with van der Waals surface area (Å²) < 4.78 is 7.28. The molecule has 0 radical (unpaired) electrons. The van der Waals surface area contributed by atoms with Gasteiger partial charge < -0.3 is 9.84 Å². The minimum absolute atomic E-state index is 0.129. The predicted octanol–water partition coefficient (Wildman–Crippen LogP) is 3.53. The van der Waals surface area contributed by atoms with Gasteiger partial charge in [0.1, 0.15) is 0 Å². The van der Waals surface area contributed by atoms with Crippen molar-refractivity contribution >= 4 is 17.0 Å². The molecular formula is C20H27N5O2. The van der Waals surface area contributed by atoms with E-state index in [4.69, 9.17) is 4.52 Å². The third-order valence-corrected chi connectivity index (χ3v) is 4.67. The van der Waals surface area contributed by atoms with Gasteiger partial charge in [-0.3, -0.25) is 9.48 Å². The van der Waals surface area contributed by atoms with Crippen LogP contribution in [0, 0.1) is 26.7 Å². The molecule has 3 aromatic rings. The Morgan fingerprint density at radius 2 is 1.96 bits per heavy atom. The predicted molar refractivity (Wildman–Crippen MR) is 104 cm³/mol. The Kier molecular flexibility index (Phi) is 5.30. The number of nitrogens with one attached hydrogen (secondary N) is 1. The first-order valence-electron chi connectivity index (χ1n) is 9.32. The molecule has 0 aliphatic heterocycles. The highest BCUT2D eigenvalue weighted by Crippen LogP contribution is 2.25. The lowest BCUT2D eigenvalue weighted by Crippen LogP contribution is -2.30. The molecule has 0 fully saturated rings. The highest BCUT2D eigenvalue weighted by atomic mass is 16.5. The Balaban J connectivity index is 1.75. The Morgan fingerprint density at radius 3 is 2.59 bits per heavy atom. The fraction of sp³-hybridized carbons (Fsp3) is 0.500. The number of carbonyl (C=O) groups is 1. The molecule has 3 rings (SSSR count). The smallest absolute Gasteiger partial charge is 0.259 e. The van der Waals surface area contributed by atoms with Crippen LogP contribution in [0.15, 0.2) is 16.7 Å². The standard InChI is InChI=1S/C20H27N5O2/c1-11(2)17-8-16(18-15(6)24-27-20(18)22-17)19(26)21-9-12(3)10-25-14(5)7-13(4)23-25/h7-8,11-12H,9-10H2,1-6H3,(H,21,26). The fourth-order valence-corrected chi connectivity index (χ4v) is 3.17. The summed E-state index contributed by atoms with van der Waals surface area (Å²) >= 11 is 0. The second-order valence-corrected chi connectivity index (χ2v) is 7.62. The van der Waals surface area contributed by atoms with Crippen molar-refractivity contribution in [3.63, 3.8) is 0 Å². The maximum absolute atomic E-state index is 12.9. The van der Waals surface area contributed by atoms with Crippen molar-refractivity contribution < 1.29 is 9.32 Å². The van der Waals surface area contributed by atoms with Gasteiger partial charge in [-0.25, -0.2) is 4.98 Å². The number of aromatic nitrogens is 4. The average Bonchev–Trinajstić information content (AvgIpc) is 3.13. The van der Waals surface area contributed by atoms with E-state index in [9.17, 15) is 4.79 Å². The third-order valence-electron chi connectivity index (χ3n) is 4.67. The summed E-state index contributed by atoms with van der Waals surface area (Å²) in [5.41, 5.74) is 4.61. The van der Waals surface area contributed by atoms with Crippen molar-refractivity contribution in [1.29, 1.82) is 0 Å². The van der Waals surface area contributed by atoms with Crippen LogP contribution in [0.25, 0.3) is 11.1 Å². The minimum atomic E-state index is -0.129. The Bertz CT molecular complexity index is 970. The summed E-state index contributed by atoms with van der Waals surface area (Å²) in [5.74, 6) is 0.310. The molecule has 27 heavy (non-hydrogen) atoms. The van der Waals surface area contributed by atoms with Gasteiger partial charge in [-0.15, -0.1) is 0 Å². The number of fused-ring (bicyclic) bond motifs is 1. The molecule has 7 heteroatoms. The summed E-state index contributed by atoms with van der Waals surface area (Å²) in [5, 5.41) is 12.2. The van der Waals surface area contributed by atoms with Crippen LogP contribution >= 0.6 is 0 Å². The molecule has 144 valence electrons. The van der Waals surface area contributed by atoms with E-state index < -0.39 is 0 Å². The van der Waals surface area contributed by atoms with Crippen molar-refractivity contribution in [3.8, 4) is 0 Å². The number of rotatable bonds is 6. The highest BCUT2D eigenvalue weighted by Gasteiger charge is 2.20. The zero-order chi connectivity index (χ0) is 19.7. The van der Waals surface area contributed by atoms with Gasteiger partial charge >= 0.3 is 0 Å². The van der Waals surface area contributed by atoms with E-state index in [-0.39, 0.29) is 17.7 Å². The normalized spacial score (nSPS) is 12.7. The van der Waals surface area contributed by atoms with E-state index >= 15 is 0 Å². The Labute approximate surface area is 159 Å².